The maximum atomic E-state index is 6.46. The van der Waals surface area contributed by atoms with Gasteiger partial charge in [0.15, 0.2) is 0 Å². The Balaban J connectivity index is 2.23. The minimum Gasteiger partial charge on any atom is -0.324 e. The van der Waals surface area contributed by atoms with Crippen molar-refractivity contribution in [3.05, 3.63) is 34.4 Å². The van der Waals surface area contributed by atoms with E-state index in [-0.39, 0.29) is 6.04 Å². The quantitative estimate of drug-likeness (QED) is 0.822. The lowest BCUT2D eigenvalue weighted by Gasteiger charge is -2.29. The van der Waals surface area contributed by atoms with Gasteiger partial charge in [0, 0.05) is 6.04 Å². The first-order valence-electron chi connectivity index (χ1n) is 6.63. The van der Waals surface area contributed by atoms with Crippen LogP contribution in [0.5, 0.6) is 0 Å². The summed E-state index contributed by atoms with van der Waals surface area (Å²) in [5.74, 6) is 0.636. The Kier molecular flexibility index (Phi) is 3.85. The number of nitrogens with two attached hydrogens (primary N) is 1. The summed E-state index contributed by atoms with van der Waals surface area (Å²) >= 11 is 0. The van der Waals surface area contributed by atoms with Crippen LogP contribution in [0.25, 0.3) is 0 Å². The molecule has 0 bridgehead atoms. The molecule has 0 amide bonds. The summed E-state index contributed by atoms with van der Waals surface area (Å²) in [6, 6.07) is 4.76. The Labute approximate surface area is 105 Å². The predicted molar refractivity (Wildman–Crippen MR) is 73.2 cm³/mol. The molecular formula is C15H24N2. The van der Waals surface area contributed by atoms with Crippen LogP contribution in [0, 0.1) is 26.7 Å². The monoisotopic (exact) mass is 232 g/mol. The number of piperidine rings is 1. The van der Waals surface area contributed by atoms with E-state index < -0.39 is 0 Å². The Hall–Kier alpha value is -0.860. The molecule has 1 aromatic rings. The SMILES string of the molecule is Cc1cc(C)c(C(N)C2CCNCC2)cc1C. The second-order valence-corrected chi connectivity index (χ2v) is 5.41. The van der Waals surface area contributed by atoms with Crippen LogP contribution in [0.2, 0.25) is 0 Å². The molecule has 3 N–H and O–H groups in total. The molecule has 1 unspecified atom stereocenters. The molecule has 1 atom stereocenters. The highest BCUT2D eigenvalue weighted by atomic mass is 14.9. The Morgan fingerprint density at radius 1 is 1.06 bits per heavy atom. The summed E-state index contributed by atoms with van der Waals surface area (Å²) in [7, 11) is 0. The van der Waals surface area contributed by atoms with Gasteiger partial charge in [0.05, 0.1) is 0 Å². The Morgan fingerprint density at radius 2 is 1.65 bits per heavy atom. The zero-order chi connectivity index (χ0) is 12.4. The van der Waals surface area contributed by atoms with Gasteiger partial charge in [-0.05, 0) is 74.9 Å². The number of nitrogens with one attached hydrogen (secondary N) is 1. The van der Waals surface area contributed by atoms with E-state index in [1.807, 2.05) is 0 Å². The van der Waals surface area contributed by atoms with Crippen LogP contribution in [0.1, 0.15) is 41.1 Å². The van der Waals surface area contributed by atoms with Gasteiger partial charge in [-0.15, -0.1) is 0 Å². The number of hydrogen-bond donors (Lipinski definition) is 2. The molecule has 1 heterocycles. The van der Waals surface area contributed by atoms with E-state index in [1.54, 1.807) is 0 Å². The fourth-order valence-electron chi connectivity index (χ4n) is 2.80. The van der Waals surface area contributed by atoms with Crippen molar-refractivity contribution in [2.24, 2.45) is 11.7 Å². The lowest BCUT2D eigenvalue weighted by molar-refractivity contribution is 0.321. The third-order valence-electron chi connectivity index (χ3n) is 4.13. The van der Waals surface area contributed by atoms with E-state index in [4.69, 9.17) is 5.73 Å². The second kappa shape index (κ2) is 5.19. The molecule has 17 heavy (non-hydrogen) atoms. The first-order valence-corrected chi connectivity index (χ1v) is 6.63. The average molecular weight is 232 g/mol. The summed E-state index contributed by atoms with van der Waals surface area (Å²) in [4.78, 5) is 0. The lowest BCUT2D eigenvalue weighted by Crippen LogP contribution is -2.34. The van der Waals surface area contributed by atoms with Crippen molar-refractivity contribution in [1.29, 1.82) is 0 Å². The third kappa shape index (κ3) is 2.70. The average Bonchev–Trinajstić information content (AvgIpc) is 2.34. The van der Waals surface area contributed by atoms with Gasteiger partial charge < -0.3 is 11.1 Å². The van der Waals surface area contributed by atoms with Crippen LogP contribution in [-0.4, -0.2) is 13.1 Å². The first kappa shape index (κ1) is 12.6. The van der Waals surface area contributed by atoms with Gasteiger partial charge in [0.1, 0.15) is 0 Å². The summed E-state index contributed by atoms with van der Waals surface area (Å²) in [6.07, 6.45) is 2.40. The molecular weight excluding hydrogens is 208 g/mol. The van der Waals surface area contributed by atoms with Gasteiger partial charge in [-0.3, -0.25) is 0 Å². The van der Waals surface area contributed by atoms with E-state index in [9.17, 15) is 0 Å². The smallest absolute Gasteiger partial charge is 0.0327 e. The van der Waals surface area contributed by atoms with Crippen LogP contribution in [-0.2, 0) is 0 Å². The van der Waals surface area contributed by atoms with Crippen molar-refractivity contribution in [1.82, 2.24) is 5.32 Å². The van der Waals surface area contributed by atoms with Crippen molar-refractivity contribution in [2.45, 2.75) is 39.7 Å². The van der Waals surface area contributed by atoms with E-state index in [1.165, 1.54) is 35.1 Å². The van der Waals surface area contributed by atoms with Crippen LogP contribution >= 0.6 is 0 Å². The number of rotatable bonds is 2. The molecule has 0 aliphatic carbocycles. The maximum absolute atomic E-state index is 6.46. The summed E-state index contributed by atoms with van der Waals surface area (Å²) in [5.41, 5.74) is 11.9. The second-order valence-electron chi connectivity index (χ2n) is 5.41. The van der Waals surface area contributed by atoms with E-state index in [0.717, 1.165) is 13.1 Å². The predicted octanol–water partition coefficient (Wildman–Crippen LogP) is 2.61. The van der Waals surface area contributed by atoms with Crippen molar-refractivity contribution >= 4 is 0 Å². The standard InChI is InChI=1S/C15H24N2/c1-10-8-12(3)14(9-11(10)2)15(16)13-4-6-17-7-5-13/h8-9,13,15,17H,4-7,16H2,1-3H3. The molecule has 1 fully saturated rings. The molecule has 1 saturated heterocycles. The van der Waals surface area contributed by atoms with Gasteiger partial charge >= 0.3 is 0 Å². The third-order valence-corrected chi connectivity index (χ3v) is 4.13. The highest BCUT2D eigenvalue weighted by Gasteiger charge is 2.23. The molecule has 1 aliphatic rings. The zero-order valence-electron chi connectivity index (χ0n) is 11.2. The normalized spacial score (nSPS) is 19.3. The van der Waals surface area contributed by atoms with E-state index >= 15 is 0 Å². The van der Waals surface area contributed by atoms with E-state index in [0.29, 0.717) is 5.92 Å². The van der Waals surface area contributed by atoms with E-state index in [2.05, 4.69) is 38.2 Å². The van der Waals surface area contributed by atoms with Crippen LogP contribution in [0.3, 0.4) is 0 Å². The molecule has 0 spiro atoms. The topological polar surface area (TPSA) is 38.0 Å². The molecule has 2 heteroatoms. The van der Waals surface area contributed by atoms with Gasteiger partial charge in [-0.2, -0.15) is 0 Å². The molecule has 1 aromatic carbocycles. The molecule has 0 aromatic heterocycles. The molecule has 2 nitrogen and oxygen atoms in total. The molecule has 0 saturated carbocycles. The Bertz CT molecular complexity index is 392. The number of aryl methyl sites for hydroxylation is 3. The molecule has 94 valence electrons. The number of hydrogen-bond acceptors (Lipinski definition) is 2. The van der Waals surface area contributed by atoms with Crippen LogP contribution < -0.4 is 11.1 Å². The highest BCUT2D eigenvalue weighted by molar-refractivity contribution is 5.38. The maximum Gasteiger partial charge on any atom is 0.0327 e. The van der Waals surface area contributed by atoms with Gasteiger partial charge in [-0.1, -0.05) is 12.1 Å². The zero-order valence-corrected chi connectivity index (χ0v) is 11.2. The highest BCUT2D eigenvalue weighted by Crippen LogP contribution is 2.30. The van der Waals surface area contributed by atoms with Crippen LogP contribution in [0.15, 0.2) is 12.1 Å². The van der Waals surface area contributed by atoms with Gasteiger partial charge in [0.2, 0.25) is 0 Å². The van der Waals surface area contributed by atoms with Crippen LogP contribution in [0.4, 0.5) is 0 Å². The van der Waals surface area contributed by atoms with Gasteiger partial charge in [-0.25, -0.2) is 0 Å². The summed E-state index contributed by atoms with van der Waals surface area (Å²) in [5, 5.41) is 3.40. The summed E-state index contributed by atoms with van der Waals surface area (Å²) < 4.78 is 0. The summed E-state index contributed by atoms with van der Waals surface area (Å²) in [6.45, 7) is 8.75. The van der Waals surface area contributed by atoms with Crippen molar-refractivity contribution in [2.75, 3.05) is 13.1 Å². The lowest BCUT2D eigenvalue weighted by atomic mass is 9.84. The fraction of sp³-hybridized carbons (Fsp3) is 0.600. The van der Waals surface area contributed by atoms with Crippen molar-refractivity contribution in [3.8, 4) is 0 Å². The fourth-order valence-corrected chi connectivity index (χ4v) is 2.80. The Morgan fingerprint density at radius 3 is 2.29 bits per heavy atom. The van der Waals surface area contributed by atoms with Crippen molar-refractivity contribution in [3.63, 3.8) is 0 Å². The minimum absolute atomic E-state index is 0.205. The number of benzene rings is 1. The molecule has 0 radical (unpaired) electrons. The largest absolute Gasteiger partial charge is 0.324 e. The van der Waals surface area contributed by atoms with Gasteiger partial charge in [0.25, 0.3) is 0 Å². The molecule has 1 aliphatic heterocycles. The van der Waals surface area contributed by atoms with Crippen molar-refractivity contribution < 1.29 is 0 Å². The minimum atomic E-state index is 0.205. The first-order chi connectivity index (χ1) is 8.09. The molecule has 2 rings (SSSR count).